The lowest BCUT2D eigenvalue weighted by Gasteiger charge is -2.02. The van der Waals surface area contributed by atoms with E-state index in [1.54, 1.807) is 4.52 Å². The maximum absolute atomic E-state index is 9.15. The standard InChI is InChI=1S/C14H9BrN4/c1-9-13(8-16)19-14(17-9)6-5-12(18-19)10-3-2-4-11(15)7-10/h2-7H,1H3. The fourth-order valence-electron chi connectivity index (χ4n) is 1.97. The minimum absolute atomic E-state index is 0.479. The van der Waals surface area contributed by atoms with Crippen LogP contribution in [0.4, 0.5) is 0 Å². The fourth-order valence-corrected chi connectivity index (χ4v) is 2.37. The lowest BCUT2D eigenvalue weighted by molar-refractivity contribution is 0.924. The van der Waals surface area contributed by atoms with Gasteiger partial charge in [0.05, 0.1) is 11.4 Å². The quantitative estimate of drug-likeness (QED) is 0.692. The van der Waals surface area contributed by atoms with Crippen LogP contribution in [0.3, 0.4) is 0 Å². The van der Waals surface area contributed by atoms with Crippen LogP contribution in [0.2, 0.25) is 0 Å². The largest absolute Gasteiger partial charge is 0.231 e. The number of halogens is 1. The van der Waals surface area contributed by atoms with Crippen LogP contribution >= 0.6 is 15.9 Å². The fraction of sp³-hybridized carbons (Fsp3) is 0.0714. The zero-order valence-corrected chi connectivity index (χ0v) is 11.7. The van der Waals surface area contributed by atoms with Crippen molar-refractivity contribution in [2.24, 2.45) is 0 Å². The van der Waals surface area contributed by atoms with Crippen molar-refractivity contribution in [1.82, 2.24) is 14.6 Å². The number of hydrogen-bond donors (Lipinski definition) is 0. The molecule has 0 aliphatic rings. The Bertz CT molecular complexity index is 814. The first-order valence-corrected chi connectivity index (χ1v) is 6.51. The highest BCUT2D eigenvalue weighted by molar-refractivity contribution is 9.10. The molecule has 0 fully saturated rings. The van der Waals surface area contributed by atoms with Gasteiger partial charge < -0.3 is 0 Å². The van der Waals surface area contributed by atoms with E-state index in [1.165, 1.54) is 0 Å². The van der Waals surface area contributed by atoms with Gasteiger partial charge in [0.25, 0.3) is 0 Å². The summed E-state index contributed by atoms with van der Waals surface area (Å²) in [6.45, 7) is 1.81. The molecule has 0 N–H and O–H groups in total. The molecule has 92 valence electrons. The summed E-state index contributed by atoms with van der Waals surface area (Å²) in [5.41, 5.74) is 3.66. The molecule has 1 aromatic carbocycles. The minimum Gasteiger partial charge on any atom is -0.231 e. The van der Waals surface area contributed by atoms with Crippen molar-refractivity contribution in [1.29, 1.82) is 5.26 Å². The molecule has 0 unspecified atom stereocenters. The van der Waals surface area contributed by atoms with Crippen molar-refractivity contribution in [2.75, 3.05) is 0 Å². The molecule has 0 bridgehead atoms. The Kier molecular flexibility index (Phi) is 2.80. The van der Waals surface area contributed by atoms with Gasteiger partial charge >= 0.3 is 0 Å². The Labute approximate surface area is 118 Å². The normalized spacial score (nSPS) is 10.6. The number of nitriles is 1. The van der Waals surface area contributed by atoms with Gasteiger partial charge in [0, 0.05) is 10.0 Å². The van der Waals surface area contributed by atoms with Crippen molar-refractivity contribution in [3.63, 3.8) is 0 Å². The van der Waals surface area contributed by atoms with E-state index < -0.39 is 0 Å². The SMILES string of the molecule is Cc1nc2ccc(-c3cccc(Br)c3)nn2c1C#N. The van der Waals surface area contributed by atoms with Gasteiger partial charge in [-0.2, -0.15) is 10.4 Å². The van der Waals surface area contributed by atoms with Crippen molar-refractivity contribution in [2.45, 2.75) is 6.92 Å². The van der Waals surface area contributed by atoms with Crippen LogP contribution < -0.4 is 0 Å². The molecule has 2 aromatic heterocycles. The van der Waals surface area contributed by atoms with E-state index in [0.717, 1.165) is 15.7 Å². The average Bonchev–Trinajstić information content (AvgIpc) is 2.73. The summed E-state index contributed by atoms with van der Waals surface area (Å²) >= 11 is 3.44. The number of rotatable bonds is 1. The zero-order chi connectivity index (χ0) is 13.4. The molecule has 3 aromatic rings. The average molecular weight is 313 g/mol. The number of imidazole rings is 1. The van der Waals surface area contributed by atoms with Crippen molar-refractivity contribution in [3.8, 4) is 17.3 Å². The number of aryl methyl sites for hydroxylation is 1. The third-order valence-corrected chi connectivity index (χ3v) is 3.37. The summed E-state index contributed by atoms with van der Waals surface area (Å²) in [7, 11) is 0. The van der Waals surface area contributed by atoms with E-state index in [-0.39, 0.29) is 0 Å². The smallest absolute Gasteiger partial charge is 0.165 e. The van der Waals surface area contributed by atoms with Crippen LogP contribution in [0.1, 0.15) is 11.4 Å². The molecule has 3 rings (SSSR count). The first-order valence-electron chi connectivity index (χ1n) is 5.71. The lowest BCUT2D eigenvalue weighted by atomic mass is 10.1. The van der Waals surface area contributed by atoms with Gasteiger partial charge in [-0.15, -0.1) is 0 Å². The number of aromatic nitrogens is 3. The van der Waals surface area contributed by atoms with E-state index in [2.05, 4.69) is 32.1 Å². The Balaban J connectivity index is 2.24. The number of fused-ring (bicyclic) bond motifs is 1. The molecule has 4 nitrogen and oxygen atoms in total. The van der Waals surface area contributed by atoms with E-state index in [9.17, 15) is 0 Å². The Morgan fingerprint density at radius 3 is 2.84 bits per heavy atom. The summed E-state index contributed by atoms with van der Waals surface area (Å²) in [4.78, 5) is 4.30. The second-order valence-electron chi connectivity index (χ2n) is 4.16. The third kappa shape index (κ3) is 2.00. The second-order valence-corrected chi connectivity index (χ2v) is 5.07. The van der Waals surface area contributed by atoms with E-state index in [0.29, 0.717) is 17.0 Å². The predicted molar refractivity (Wildman–Crippen MR) is 75.6 cm³/mol. The minimum atomic E-state index is 0.479. The highest BCUT2D eigenvalue weighted by atomic mass is 79.9. The molecule has 0 amide bonds. The summed E-state index contributed by atoms with van der Waals surface area (Å²) in [5.74, 6) is 0. The highest BCUT2D eigenvalue weighted by Gasteiger charge is 2.10. The summed E-state index contributed by atoms with van der Waals surface area (Å²) < 4.78 is 2.58. The number of nitrogens with zero attached hydrogens (tertiary/aromatic N) is 4. The van der Waals surface area contributed by atoms with Crippen molar-refractivity contribution >= 4 is 21.6 Å². The molecule has 0 saturated heterocycles. The summed E-state index contributed by atoms with van der Waals surface area (Å²) in [6.07, 6.45) is 0. The van der Waals surface area contributed by atoms with E-state index in [1.807, 2.05) is 43.3 Å². The molecule has 0 atom stereocenters. The number of benzene rings is 1. The van der Waals surface area contributed by atoms with Crippen molar-refractivity contribution < 1.29 is 0 Å². The first kappa shape index (κ1) is 11.9. The zero-order valence-electron chi connectivity index (χ0n) is 10.1. The monoisotopic (exact) mass is 312 g/mol. The molecule has 0 aliphatic carbocycles. The molecule has 0 aliphatic heterocycles. The van der Waals surface area contributed by atoms with E-state index >= 15 is 0 Å². The van der Waals surface area contributed by atoms with Gasteiger partial charge in [-0.25, -0.2) is 9.50 Å². The molecular weight excluding hydrogens is 304 g/mol. The van der Waals surface area contributed by atoms with Gasteiger partial charge in [0.1, 0.15) is 6.07 Å². The van der Waals surface area contributed by atoms with Crippen LogP contribution in [0.25, 0.3) is 16.9 Å². The summed E-state index contributed by atoms with van der Waals surface area (Å²) in [5, 5.41) is 13.6. The van der Waals surface area contributed by atoms with Crippen LogP contribution in [-0.4, -0.2) is 14.6 Å². The molecule has 0 saturated carbocycles. The van der Waals surface area contributed by atoms with Crippen LogP contribution in [0.15, 0.2) is 40.9 Å². The Morgan fingerprint density at radius 2 is 2.11 bits per heavy atom. The van der Waals surface area contributed by atoms with E-state index in [4.69, 9.17) is 5.26 Å². The van der Waals surface area contributed by atoms with Gasteiger partial charge in [-0.1, -0.05) is 28.1 Å². The molecule has 0 spiro atoms. The van der Waals surface area contributed by atoms with Crippen LogP contribution in [-0.2, 0) is 0 Å². The maximum atomic E-state index is 9.15. The predicted octanol–water partition coefficient (Wildman–Crippen LogP) is 3.34. The topological polar surface area (TPSA) is 54.0 Å². The van der Waals surface area contributed by atoms with Crippen LogP contribution in [0.5, 0.6) is 0 Å². The molecular formula is C14H9BrN4. The van der Waals surface area contributed by atoms with Gasteiger partial charge in [-0.05, 0) is 31.2 Å². The Hall–Kier alpha value is -2.19. The van der Waals surface area contributed by atoms with Crippen molar-refractivity contribution in [3.05, 3.63) is 52.3 Å². The maximum Gasteiger partial charge on any atom is 0.165 e. The highest BCUT2D eigenvalue weighted by Crippen LogP contribution is 2.22. The lowest BCUT2D eigenvalue weighted by Crippen LogP contribution is -1.97. The molecule has 5 heteroatoms. The third-order valence-electron chi connectivity index (χ3n) is 2.88. The summed E-state index contributed by atoms with van der Waals surface area (Å²) in [6, 6.07) is 13.8. The van der Waals surface area contributed by atoms with Gasteiger partial charge in [-0.3, -0.25) is 0 Å². The first-order chi connectivity index (χ1) is 9.19. The van der Waals surface area contributed by atoms with Crippen LogP contribution in [0, 0.1) is 18.3 Å². The number of hydrogen-bond acceptors (Lipinski definition) is 3. The molecule has 2 heterocycles. The van der Waals surface area contributed by atoms with Gasteiger partial charge in [0.2, 0.25) is 0 Å². The molecule has 19 heavy (non-hydrogen) atoms. The second kappa shape index (κ2) is 4.48. The Morgan fingerprint density at radius 1 is 1.26 bits per heavy atom. The molecule has 0 radical (unpaired) electrons. The van der Waals surface area contributed by atoms with Gasteiger partial charge in [0.15, 0.2) is 11.3 Å².